The minimum Gasteiger partial charge on any atom is -0.490 e. The molecule has 1 fully saturated rings. The number of carbonyl (C=O) groups excluding carboxylic acids is 1. The van der Waals surface area contributed by atoms with Gasteiger partial charge in [-0.05, 0) is 50.6 Å². The number of pyridine rings is 1. The number of benzene rings is 1. The Labute approximate surface area is 177 Å². The molecule has 1 aromatic carbocycles. The zero-order valence-electron chi connectivity index (χ0n) is 17.9. The van der Waals surface area contributed by atoms with E-state index in [0.29, 0.717) is 23.7 Å². The van der Waals surface area contributed by atoms with Crippen LogP contribution in [0.4, 0.5) is 0 Å². The quantitative estimate of drug-likeness (QED) is 0.723. The van der Waals surface area contributed by atoms with Crippen LogP contribution in [-0.4, -0.2) is 42.0 Å². The Morgan fingerprint density at radius 3 is 2.67 bits per heavy atom. The molecule has 1 saturated heterocycles. The molecule has 0 bridgehead atoms. The topological polar surface area (TPSA) is 87.5 Å². The summed E-state index contributed by atoms with van der Waals surface area (Å²) in [7, 11) is 1.67. The van der Waals surface area contributed by atoms with Gasteiger partial charge in [0.15, 0.2) is 0 Å². The molecule has 30 heavy (non-hydrogen) atoms. The second kappa shape index (κ2) is 9.59. The Morgan fingerprint density at radius 1 is 1.30 bits per heavy atom. The highest BCUT2D eigenvalue weighted by Gasteiger charge is 2.31. The van der Waals surface area contributed by atoms with Crippen LogP contribution < -0.4 is 14.8 Å². The third-order valence-corrected chi connectivity index (χ3v) is 4.98. The monoisotopic (exact) mass is 408 g/mol. The van der Waals surface area contributed by atoms with Crippen molar-refractivity contribution in [3.8, 4) is 17.6 Å². The highest BCUT2D eigenvalue weighted by molar-refractivity contribution is 5.79. The molecule has 0 spiro atoms. The number of hydrogen-bond donors (Lipinski definition) is 1. The first-order valence-corrected chi connectivity index (χ1v) is 10.1. The van der Waals surface area contributed by atoms with E-state index in [1.807, 2.05) is 45.0 Å². The van der Waals surface area contributed by atoms with E-state index in [9.17, 15) is 10.1 Å². The summed E-state index contributed by atoms with van der Waals surface area (Å²) in [5, 5.41) is 12.1. The number of hydrogen-bond acceptors (Lipinski definition) is 6. The number of aromatic nitrogens is 1. The first-order chi connectivity index (χ1) is 14.4. The van der Waals surface area contributed by atoms with Gasteiger partial charge in [0.1, 0.15) is 24.2 Å². The zero-order chi connectivity index (χ0) is 21.7. The summed E-state index contributed by atoms with van der Waals surface area (Å²) >= 11 is 0. The number of nitrogens with one attached hydrogen (secondary N) is 1. The number of carbonyl (C=O) groups is 1. The van der Waals surface area contributed by atoms with E-state index < -0.39 is 0 Å². The van der Waals surface area contributed by atoms with Crippen molar-refractivity contribution in [3.05, 3.63) is 52.8 Å². The fourth-order valence-electron chi connectivity index (χ4n) is 3.41. The van der Waals surface area contributed by atoms with Gasteiger partial charge in [0.25, 0.3) is 0 Å². The second-order valence-electron chi connectivity index (χ2n) is 7.79. The summed E-state index contributed by atoms with van der Waals surface area (Å²) in [5.74, 6) is 1.48. The first-order valence-electron chi connectivity index (χ1n) is 10.1. The molecule has 2 aromatic rings. The van der Waals surface area contributed by atoms with E-state index in [2.05, 4.69) is 21.3 Å². The van der Waals surface area contributed by atoms with E-state index in [1.54, 1.807) is 13.1 Å². The van der Waals surface area contributed by atoms with Crippen molar-refractivity contribution in [2.45, 2.75) is 40.0 Å². The highest BCUT2D eigenvalue weighted by atomic mass is 16.5. The molecule has 7 nitrogen and oxygen atoms in total. The Kier molecular flexibility index (Phi) is 6.91. The van der Waals surface area contributed by atoms with Crippen LogP contribution in [0.3, 0.4) is 0 Å². The number of amides is 1. The first kappa shape index (κ1) is 21.6. The summed E-state index contributed by atoms with van der Waals surface area (Å²) in [6, 6.07) is 11.6. The van der Waals surface area contributed by atoms with Gasteiger partial charge in [0.05, 0.1) is 29.0 Å². The minimum absolute atomic E-state index is 0.0115. The summed E-state index contributed by atoms with van der Waals surface area (Å²) < 4.78 is 11.6. The molecule has 1 aliphatic rings. The van der Waals surface area contributed by atoms with Gasteiger partial charge in [-0.3, -0.25) is 14.7 Å². The van der Waals surface area contributed by atoms with Gasteiger partial charge in [-0.25, -0.2) is 0 Å². The van der Waals surface area contributed by atoms with Crippen LogP contribution >= 0.6 is 0 Å². The third kappa shape index (κ3) is 5.28. The van der Waals surface area contributed by atoms with Crippen molar-refractivity contribution in [2.24, 2.45) is 5.92 Å². The molecule has 2 heterocycles. The summed E-state index contributed by atoms with van der Waals surface area (Å²) in [4.78, 5) is 18.4. The summed E-state index contributed by atoms with van der Waals surface area (Å²) in [6.07, 6.45) is 0.0115. The standard InChI is InChI=1S/C23H28N4O3/c1-15(2)30-22-7-5-17(9-18(22)10-24)14-29-21-8-6-20(26-16(21)3)13-27-11-19(12-27)23(28)25-4/h5-9,15,19H,11-14H2,1-4H3,(H,25,28). The van der Waals surface area contributed by atoms with E-state index in [1.165, 1.54) is 0 Å². The van der Waals surface area contributed by atoms with Crippen molar-refractivity contribution < 1.29 is 14.3 Å². The molecule has 7 heteroatoms. The van der Waals surface area contributed by atoms with Crippen molar-refractivity contribution >= 4 is 5.91 Å². The minimum atomic E-state index is 0.0115. The van der Waals surface area contributed by atoms with Gasteiger partial charge in [-0.1, -0.05) is 6.07 Å². The van der Waals surface area contributed by atoms with Crippen molar-refractivity contribution in [3.63, 3.8) is 0 Å². The number of rotatable bonds is 8. The number of nitrogens with zero attached hydrogens (tertiary/aromatic N) is 3. The summed E-state index contributed by atoms with van der Waals surface area (Å²) in [5.41, 5.74) is 3.17. The zero-order valence-corrected chi connectivity index (χ0v) is 17.9. The molecule has 1 aromatic heterocycles. The Bertz CT molecular complexity index is 946. The molecule has 1 aliphatic heterocycles. The molecule has 158 valence electrons. The van der Waals surface area contributed by atoms with Gasteiger partial charge in [0.2, 0.25) is 5.91 Å². The molecule has 0 unspecified atom stereocenters. The van der Waals surface area contributed by atoms with Crippen molar-refractivity contribution in [2.75, 3.05) is 20.1 Å². The van der Waals surface area contributed by atoms with Crippen LogP contribution in [0, 0.1) is 24.2 Å². The predicted molar refractivity (Wildman–Crippen MR) is 113 cm³/mol. The number of nitriles is 1. The van der Waals surface area contributed by atoms with Crippen LogP contribution in [-0.2, 0) is 17.9 Å². The largest absolute Gasteiger partial charge is 0.490 e. The SMILES string of the molecule is CNC(=O)C1CN(Cc2ccc(OCc3ccc(OC(C)C)c(C#N)c3)c(C)n2)C1. The van der Waals surface area contributed by atoms with Crippen LogP contribution in [0.15, 0.2) is 30.3 Å². The van der Waals surface area contributed by atoms with Crippen molar-refractivity contribution in [1.29, 1.82) is 5.26 Å². The van der Waals surface area contributed by atoms with Crippen molar-refractivity contribution in [1.82, 2.24) is 15.2 Å². The van der Waals surface area contributed by atoms with Crippen LogP contribution in [0.1, 0.15) is 36.4 Å². The lowest BCUT2D eigenvalue weighted by molar-refractivity contribution is -0.129. The Balaban J connectivity index is 1.56. The van der Waals surface area contributed by atoms with Gasteiger partial charge in [0, 0.05) is 26.7 Å². The lowest BCUT2D eigenvalue weighted by atomic mass is 9.99. The fraction of sp³-hybridized carbons (Fsp3) is 0.435. The molecular formula is C23H28N4O3. The molecule has 1 N–H and O–H groups in total. The van der Waals surface area contributed by atoms with Crippen LogP contribution in [0.5, 0.6) is 11.5 Å². The second-order valence-corrected chi connectivity index (χ2v) is 7.79. The fourth-order valence-corrected chi connectivity index (χ4v) is 3.41. The maximum atomic E-state index is 11.6. The maximum absolute atomic E-state index is 11.6. The highest BCUT2D eigenvalue weighted by Crippen LogP contribution is 2.24. The predicted octanol–water partition coefficient (Wildman–Crippen LogP) is 2.81. The third-order valence-electron chi connectivity index (χ3n) is 4.98. The van der Waals surface area contributed by atoms with E-state index in [-0.39, 0.29) is 17.9 Å². The average molecular weight is 409 g/mol. The number of likely N-dealkylation sites (tertiary alicyclic amines) is 1. The Hall–Kier alpha value is -3.11. The van der Waals surface area contributed by atoms with Crippen LogP contribution in [0.25, 0.3) is 0 Å². The number of aryl methyl sites for hydroxylation is 1. The lowest BCUT2D eigenvalue weighted by Gasteiger charge is -2.37. The van der Waals surface area contributed by atoms with Gasteiger partial charge in [-0.2, -0.15) is 5.26 Å². The molecule has 0 atom stereocenters. The number of ether oxygens (including phenoxy) is 2. The molecule has 0 radical (unpaired) electrons. The molecule has 0 saturated carbocycles. The van der Waals surface area contributed by atoms with E-state index in [0.717, 1.165) is 36.6 Å². The maximum Gasteiger partial charge on any atom is 0.225 e. The smallest absolute Gasteiger partial charge is 0.225 e. The lowest BCUT2D eigenvalue weighted by Crippen LogP contribution is -2.52. The molecule has 1 amide bonds. The van der Waals surface area contributed by atoms with Gasteiger partial charge < -0.3 is 14.8 Å². The van der Waals surface area contributed by atoms with Gasteiger partial charge in [-0.15, -0.1) is 0 Å². The normalized spacial score (nSPS) is 14.1. The summed E-state index contributed by atoms with van der Waals surface area (Å²) in [6.45, 7) is 8.37. The molecule has 0 aliphatic carbocycles. The van der Waals surface area contributed by atoms with Gasteiger partial charge >= 0.3 is 0 Å². The van der Waals surface area contributed by atoms with E-state index in [4.69, 9.17) is 9.47 Å². The van der Waals surface area contributed by atoms with E-state index >= 15 is 0 Å². The average Bonchev–Trinajstić information content (AvgIpc) is 2.69. The molecular weight excluding hydrogens is 380 g/mol. The van der Waals surface area contributed by atoms with Crippen LogP contribution in [0.2, 0.25) is 0 Å². The molecule has 3 rings (SSSR count). The Morgan fingerprint density at radius 2 is 2.03 bits per heavy atom.